The lowest BCUT2D eigenvalue weighted by atomic mass is 9.97. The second kappa shape index (κ2) is 9.60. The van der Waals surface area contributed by atoms with Crippen molar-refractivity contribution in [3.05, 3.63) is 0 Å². The quantitative estimate of drug-likeness (QED) is 0.794. The number of nitrogens with zero attached hydrogens (tertiary/aromatic N) is 3. The average molecular weight is 325 g/mol. The summed E-state index contributed by atoms with van der Waals surface area (Å²) in [5, 5.41) is 3.18. The zero-order valence-electron chi connectivity index (χ0n) is 15.4. The van der Waals surface area contributed by atoms with Gasteiger partial charge in [0.1, 0.15) is 0 Å². The van der Waals surface area contributed by atoms with Crippen molar-refractivity contribution in [2.24, 2.45) is 11.8 Å². The molecule has 0 aromatic rings. The van der Waals surface area contributed by atoms with Crippen LogP contribution in [0.25, 0.3) is 0 Å². The van der Waals surface area contributed by atoms with Crippen LogP contribution in [0.15, 0.2) is 0 Å². The molecule has 0 bridgehead atoms. The summed E-state index contributed by atoms with van der Waals surface area (Å²) in [4.78, 5) is 19.4. The maximum Gasteiger partial charge on any atom is 0.234 e. The van der Waals surface area contributed by atoms with Crippen LogP contribution in [-0.2, 0) is 4.79 Å². The molecule has 0 aliphatic carbocycles. The number of amides is 1. The third kappa shape index (κ3) is 7.19. The Bertz CT molecular complexity index is 361. The van der Waals surface area contributed by atoms with Gasteiger partial charge in [0, 0.05) is 32.7 Å². The number of nitrogens with one attached hydrogen (secondary N) is 1. The van der Waals surface area contributed by atoms with Gasteiger partial charge < -0.3 is 15.1 Å². The second-order valence-electron chi connectivity index (χ2n) is 7.90. The predicted octanol–water partition coefficient (Wildman–Crippen LogP) is 1.11. The van der Waals surface area contributed by atoms with Gasteiger partial charge in [0.25, 0.3) is 0 Å². The largest absolute Gasteiger partial charge is 0.355 e. The first-order chi connectivity index (χ1) is 11.0. The molecule has 1 amide bonds. The molecule has 1 atom stereocenters. The fourth-order valence-electron chi connectivity index (χ4n) is 3.78. The summed E-state index contributed by atoms with van der Waals surface area (Å²) in [7, 11) is 2.16. The summed E-state index contributed by atoms with van der Waals surface area (Å²) in [5.74, 6) is 1.56. The Balaban J connectivity index is 1.65. The monoisotopic (exact) mass is 324 g/mol. The van der Waals surface area contributed by atoms with Crippen LogP contribution in [0.5, 0.6) is 0 Å². The third-order valence-corrected chi connectivity index (χ3v) is 4.99. The summed E-state index contributed by atoms with van der Waals surface area (Å²) in [6.07, 6.45) is 3.69. The molecule has 23 heavy (non-hydrogen) atoms. The fourth-order valence-corrected chi connectivity index (χ4v) is 3.78. The second-order valence-corrected chi connectivity index (χ2v) is 7.90. The van der Waals surface area contributed by atoms with E-state index in [0.29, 0.717) is 12.5 Å². The van der Waals surface area contributed by atoms with Crippen molar-refractivity contribution in [1.82, 2.24) is 20.0 Å². The molecule has 1 N–H and O–H groups in total. The highest BCUT2D eigenvalue weighted by Crippen LogP contribution is 2.16. The van der Waals surface area contributed by atoms with Gasteiger partial charge in [-0.3, -0.25) is 9.69 Å². The van der Waals surface area contributed by atoms with Crippen molar-refractivity contribution < 1.29 is 4.79 Å². The Kier molecular flexibility index (Phi) is 7.80. The van der Waals surface area contributed by atoms with Crippen molar-refractivity contribution in [2.75, 3.05) is 66.0 Å². The Morgan fingerprint density at radius 3 is 2.65 bits per heavy atom. The number of likely N-dealkylation sites (tertiary alicyclic amines) is 1. The number of hydrogen-bond donors (Lipinski definition) is 1. The molecule has 2 fully saturated rings. The molecule has 2 heterocycles. The smallest absolute Gasteiger partial charge is 0.234 e. The molecule has 0 unspecified atom stereocenters. The van der Waals surface area contributed by atoms with Crippen molar-refractivity contribution >= 4 is 5.91 Å². The van der Waals surface area contributed by atoms with Crippen LogP contribution in [0.2, 0.25) is 0 Å². The molecule has 0 saturated carbocycles. The van der Waals surface area contributed by atoms with Gasteiger partial charge in [-0.2, -0.15) is 0 Å². The molecule has 2 saturated heterocycles. The highest BCUT2D eigenvalue weighted by molar-refractivity contribution is 5.78. The summed E-state index contributed by atoms with van der Waals surface area (Å²) in [6, 6.07) is 0. The lowest BCUT2D eigenvalue weighted by Crippen LogP contribution is -2.44. The van der Waals surface area contributed by atoms with E-state index in [0.717, 1.165) is 51.6 Å². The van der Waals surface area contributed by atoms with Crippen LogP contribution < -0.4 is 5.32 Å². The highest BCUT2D eigenvalue weighted by Gasteiger charge is 2.21. The average Bonchev–Trinajstić information content (AvgIpc) is 2.70. The normalized spacial score (nSPS) is 25.5. The van der Waals surface area contributed by atoms with E-state index >= 15 is 0 Å². The number of carbonyl (C=O) groups excluding carboxylic acids is 1. The zero-order valence-corrected chi connectivity index (χ0v) is 15.4. The number of piperidine rings is 1. The lowest BCUT2D eigenvalue weighted by molar-refractivity contribution is -0.122. The van der Waals surface area contributed by atoms with Crippen LogP contribution in [0.1, 0.15) is 33.1 Å². The molecule has 0 aromatic heterocycles. The molecule has 5 heteroatoms. The Labute approximate surface area is 142 Å². The third-order valence-electron chi connectivity index (χ3n) is 4.99. The van der Waals surface area contributed by atoms with E-state index in [1.807, 2.05) is 0 Å². The molecule has 5 nitrogen and oxygen atoms in total. The summed E-state index contributed by atoms with van der Waals surface area (Å²) in [6.45, 7) is 13.8. The molecule has 0 radical (unpaired) electrons. The Morgan fingerprint density at radius 2 is 1.87 bits per heavy atom. The van der Waals surface area contributed by atoms with Crippen LogP contribution in [0.4, 0.5) is 0 Å². The van der Waals surface area contributed by atoms with Crippen LogP contribution in [0.3, 0.4) is 0 Å². The minimum absolute atomic E-state index is 0.204. The molecule has 0 aromatic carbocycles. The van der Waals surface area contributed by atoms with Gasteiger partial charge in [-0.1, -0.05) is 13.8 Å². The van der Waals surface area contributed by atoms with Crippen LogP contribution in [-0.4, -0.2) is 86.6 Å². The number of rotatable bonds is 6. The maximum absolute atomic E-state index is 12.2. The summed E-state index contributed by atoms with van der Waals surface area (Å²) in [5.41, 5.74) is 0. The molecule has 134 valence electrons. The van der Waals surface area contributed by atoms with Gasteiger partial charge in [-0.05, 0) is 57.8 Å². The molecule has 2 aliphatic rings. The first-order valence-electron chi connectivity index (χ1n) is 9.43. The van der Waals surface area contributed by atoms with Gasteiger partial charge in [-0.25, -0.2) is 0 Å². The van der Waals surface area contributed by atoms with E-state index in [-0.39, 0.29) is 5.91 Å². The van der Waals surface area contributed by atoms with Crippen LogP contribution in [0, 0.1) is 11.8 Å². The SMILES string of the molecule is CC(C)CN1CCC[C@@H](CNC(=O)CN2CCCN(C)CC2)C1. The molecule has 2 aliphatic heterocycles. The molecule has 2 rings (SSSR count). The molecular formula is C18H36N4O. The zero-order chi connectivity index (χ0) is 16.7. The minimum Gasteiger partial charge on any atom is -0.355 e. The van der Waals surface area contributed by atoms with Crippen molar-refractivity contribution in [1.29, 1.82) is 0 Å². The highest BCUT2D eigenvalue weighted by atomic mass is 16.2. The van der Waals surface area contributed by atoms with Gasteiger partial charge in [0.05, 0.1) is 6.54 Å². The van der Waals surface area contributed by atoms with Gasteiger partial charge in [0.2, 0.25) is 5.91 Å². The van der Waals surface area contributed by atoms with Gasteiger partial charge >= 0.3 is 0 Å². The molecular weight excluding hydrogens is 288 g/mol. The predicted molar refractivity (Wildman–Crippen MR) is 95.6 cm³/mol. The summed E-state index contributed by atoms with van der Waals surface area (Å²) < 4.78 is 0. The topological polar surface area (TPSA) is 38.8 Å². The van der Waals surface area contributed by atoms with E-state index in [9.17, 15) is 4.79 Å². The van der Waals surface area contributed by atoms with Crippen molar-refractivity contribution in [2.45, 2.75) is 33.1 Å². The van der Waals surface area contributed by atoms with Crippen molar-refractivity contribution in [3.63, 3.8) is 0 Å². The van der Waals surface area contributed by atoms with E-state index < -0.39 is 0 Å². The standard InChI is InChI=1S/C18H36N4O/c1-16(2)13-22-8-4-6-17(14-22)12-19-18(23)15-21-9-5-7-20(3)10-11-21/h16-17H,4-15H2,1-3H3,(H,19,23)/t17-/m0/s1. The first kappa shape index (κ1) is 18.7. The van der Waals surface area contributed by atoms with E-state index in [4.69, 9.17) is 0 Å². The van der Waals surface area contributed by atoms with Crippen LogP contribution >= 0.6 is 0 Å². The first-order valence-corrected chi connectivity index (χ1v) is 9.43. The maximum atomic E-state index is 12.2. The van der Waals surface area contributed by atoms with Crippen molar-refractivity contribution in [3.8, 4) is 0 Å². The van der Waals surface area contributed by atoms with E-state index in [1.165, 1.54) is 25.9 Å². The van der Waals surface area contributed by atoms with Gasteiger partial charge in [0.15, 0.2) is 0 Å². The Hall–Kier alpha value is -0.650. The van der Waals surface area contributed by atoms with E-state index in [2.05, 4.69) is 40.9 Å². The Morgan fingerprint density at radius 1 is 1.09 bits per heavy atom. The molecule has 0 spiro atoms. The lowest BCUT2D eigenvalue weighted by Gasteiger charge is -2.34. The fraction of sp³-hybridized carbons (Fsp3) is 0.944. The van der Waals surface area contributed by atoms with Gasteiger partial charge in [-0.15, -0.1) is 0 Å². The number of carbonyl (C=O) groups is 1. The van der Waals surface area contributed by atoms with E-state index in [1.54, 1.807) is 0 Å². The summed E-state index contributed by atoms with van der Waals surface area (Å²) >= 11 is 0. The minimum atomic E-state index is 0.204. The number of likely N-dealkylation sites (N-methyl/N-ethyl adjacent to an activating group) is 1. The number of hydrogen-bond acceptors (Lipinski definition) is 4.